The number of rotatable bonds is 6. The molecule has 0 saturated carbocycles. The molecular formula is C23H27ClN6O2. The first-order valence-corrected chi connectivity index (χ1v) is 10.8. The summed E-state index contributed by atoms with van der Waals surface area (Å²) in [5.41, 5.74) is 11.2. The molecule has 0 bridgehead atoms. The van der Waals surface area contributed by atoms with Crippen molar-refractivity contribution in [3.8, 4) is 5.75 Å². The van der Waals surface area contributed by atoms with E-state index < -0.39 is 0 Å². The molecule has 168 valence electrons. The zero-order chi connectivity index (χ0) is 23.0. The summed E-state index contributed by atoms with van der Waals surface area (Å²) < 4.78 is 7.78. The van der Waals surface area contributed by atoms with Gasteiger partial charge in [-0.2, -0.15) is 5.10 Å². The molecule has 1 aliphatic rings. The van der Waals surface area contributed by atoms with Crippen LogP contribution in [-0.4, -0.2) is 56.6 Å². The zero-order valence-corrected chi connectivity index (χ0v) is 19.4. The fourth-order valence-corrected chi connectivity index (χ4v) is 4.44. The molecule has 0 spiro atoms. The van der Waals surface area contributed by atoms with Gasteiger partial charge in [0.05, 0.1) is 30.8 Å². The standard InChI is InChI=1S/C23H27ClN6O2/c1-13-18(24)10-17(15(3)30-23-20(14(2)28-30)22(25)26-12-27-23)21(32-4)19(13)16-6-5-7-29(11-16)8-9-31/h5-6,10-12,15,31H,7-9H2,1-4H3,(H2,25,26,27). The maximum atomic E-state index is 9.36. The summed E-state index contributed by atoms with van der Waals surface area (Å²) in [6, 6.07) is 1.70. The molecule has 9 heteroatoms. The predicted octanol–water partition coefficient (Wildman–Crippen LogP) is 3.50. The van der Waals surface area contributed by atoms with Crippen molar-refractivity contribution in [2.24, 2.45) is 0 Å². The van der Waals surface area contributed by atoms with Gasteiger partial charge >= 0.3 is 0 Å². The first-order valence-electron chi connectivity index (χ1n) is 10.4. The molecule has 0 amide bonds. The van der Waals surface area contributed by atoms with Crippen molar-refractivity contribution in [2.75, 3.05) is 32.5 Å². The number of allylic oxidation sites excluding steroid dienone is 2. The van der Waals surface area contributed by atoms with Crippen LogP contribution >= 0.6 is 11.6 Å². The van der Waals surface area contributed by atoms with Crippen LogP contribution in [0.5, 0.6) is 5.75 Å². The first kappa shape index (κ1) is 22.1. The fourth-order valence-electron chi connectivity index (χ4n) is 4.23. The summed E-state index contributed by atoms with van der Waals surface area (Å²) in [5, 5.41) is 15.4. The summed E-state index contributed by atoms with van der Waals surface area (Å²) in [7, 11) is 1.66. The van der Waals surface area contributed by atoms with Crippen molar-refractivity contribution in [2.45, 2.75) is 26.8 Å². The Morgan fingerprint density at radius 1 is 1.31 bits per heavy atom. The lowest BCUT2D eigenvalue weighted by atomic mass is 9.93. The molecule has 1 atom stereocenters. The number of aliphatic hydroxyl groups excluding tert-OH is 1. The summed E-state index contributed by atoms with van der Waals surface area (Å²) in [6.07, 6.45) is 7.61. The molecule has 8 nitrogen and oxygen atoms in total. The molecule has 3 heterocycles. The number of nitrogens with zero attached hydrogens (tertiary/aromatic N) is 5. The van der Waals surface area contributed by atoms with Gasteiger partial charge in [0.15, 0.2) is 5.65 Å². The Bertz CT molecular complexity index is 1230. The van der Waals surface area contributed by atoms with Crippen LogP contribution in [0, 0.1) is 13.8 Å². The number of halogens is 1. The minimum Gasteiger partial charge on any atom is -0.496 e. The normalized spacial score (nSPS) is 14.7. The average Bonchev–Trinajstić information content (AvgIpc) is 3.12. The second kappa shape index (κ2) is 8.80. The average molecular weight is 455 g/mol. The first-order chi connectivity index (χ1) is 15.4. The number of anilines is 1. The van der Waals surface area contributed by atoms with E-state index in [9.17, 15) is 5.11 Å². The van der Waals surface area contributed by atoms with Crippen LogP contribution in [0.1, 0.15) is 35.3 Å². The van der Waals surface area contributed by atoms with Gasteiger partial charge in [0.2, 0.25) is 0 Å². The SMILES string of the molecule is COc1c(C(C)n2nc(C)c3c(N)ncnc32)cc(Cl)c(C)c1C1=CN(CCO)CC=C1. The highest BCUT2D eigenvalue weighted by atomic mass is 35.5. The Labute approximate surface area is 192 Å². The third-order valence-corrected chi connectivity index (χ3v) is 6.25. The Morgan fingerprint density at radius 3 is 2.81 bits per heavy atom. The smallest absolute Gasteiger partial charge is 0.164 e. The van der Waals surface area contributed by atoms with Crippen molar-refractivity contribution in [3.63, 3.8) is 0 Å². The van der Waals surface area contributed by atoms with Gasteiger partial charge in [-0.15, -0.1) is 0 Å². The van der Waals surface area contributed by atoms with E-state index in [1.807, 2.05) is 37.7 Å². The summed E-state index contributed by atoms with van der Waals surface area (Å²) in [6.45, 7) is 7.29. The van der Waals surface area contributed by atoms with Crippen molar-refractivity contribution in [1.82, 2.24) is 24.6 Å². The highest BCUT2D eigenvalue weighted by Crippen LogP contribution is 2.42. The van der Waals surface area contributed by atoms with Gasteiger partial charge in [-0.05, 0) is 32.4 Å². The quantitative estimate of drug-likeness (QED) is 0.587. The molecule has 1 aliphatic heterocycles. The molecule has 3 N–H and O–H groups in total. The molecule has 0 aliphatic carbocycles. The molecule has 0 saturated heterocycles. The Hall–Kier alpha value is -3.10. The topological polar surface area (TPSA) is 102 Å². The molecule has 1 unspecified atom stereocenters. The number of hydrogen-bond acceptors (Lipinski definition) is 7. The third kappa shape index (κ3) is 3.69. The maximum Gasteiger partial charge on any atom is 0.164 e. The molecule has 4 rings (SSSR count). The number of nitrogens with two attached hydrogens (primary N) is 1. The number of ether oxygens (including phenoxy) is 1. The number of aliphatic hydroxyl groups is 1. The minimum atomic E-state index is -0.228. The van der Waals surface area contributed by atoms with E-state index in [4.69, 9.17) is 27.2 Å². The van der Waals surface area contributed by atoms with E-state index in [1.165, 1.54) is 6.33 Å². The Balaban J connectivity index is 1.90. The zero-order valence-electron chi connectivity index (χ0n) is 18.6. The molecule has 0 fully saturated rings. The van der Waals surface area contributed by atoms with Crippen LogP contribution < -0.4 is 10.5 Å². The minimum absolute atomic E-state index is 0.0856. The molecule has 3 aromatic rings. The van der Waals surface area contributed by atoms with E-state index in [0.717, 1.165) is 45.6 Å². The number of hydrogen-bond donors (Lipinski definition) is 2. The maximum absolute atomic E-state index is 9.36. The van der Waals surface area contributed by atoms with Gasteiger partial charge < -0.3 is 20.5 Å². The van der Waals surface area contributed by atoms with Crippen molar-refractivity contribution >= 4 is 34.0 Å². The van der Waals surface area contributed by atoms with Crippen molar-refractivity contribution in [3.05, 3.63) is 58.2 Å². The lowest BCUT2D eigenvalue weighted by Crippen LogP contribution is -2.23. The number of benzene rings is 1. The van der Waals surface area contributed by atoms with Crippen LogP contribution in [0.25, 0.3) is 16.6 Å². The third-order valence-electron chi connectivity index (χ3n) is 5.85. The van der Waals surface area contributed by atoms with Crippen LogP contribution in [0.2, 0.25) is 5.02 Å². The largest absolute Gasteiger partial charge is 0.496 e. The molecular weight excluding hydrogens is 428 g/mol. The molecule has 32 heavy (non-hydrogen) atoms. The van der Waals surface area contributed by atoms with Crippen LogP contribution in [-0.2, 0) is 0 Å². The highest BCUT2D eigenvalue weighted by molar-refractivity contribution is 6.31. The number of aromatic nitrogens is 4. The van der Waals surface area contributed by atoms with Gasteiger partial charge in [-0.25, -0.2) is 14.6 Å². The van der Waals surface area contributed by atoms with Crippen LogP contribution in [0.3, 0.4) is 0 Å². The van der Waals surface area contributed by atoms with Crippen molar-refractivity contribution < 1.29 is 9.84 Å². The van der Waals surface area contributed by atoms with E-state index in [1.54, 1.807) is 7.11 Å². The van der Waals surface area contributed by atoms with Gasteiger partial charge in [-0.1, -0.05) is 23.8 Å². The molecule has 2 aromatic heterocycles. The Morgan fingerprint density at radius 2 is 2.09 bits per heavy atom. The highest BCUT2D eigenvalue weighted by Gasteiger charge is 2.25. The van der Waals surface area contributed by atoms with E-state index >= 15 is 0 Å². The van der Waals surface area contributed by atoms with E-state index in [-0.39, 0.29) is 12.6 Å². The summed E-state index contributed by atoms with van der Waals surface area (Å²) in [4.78, 5) is 10.6. The van der Waals surface area contributed by atoms with Crippen molar-refractivity contribution in [1.29, 1.82) is 0 Å². The van der Waals surface area contributed by atoms with E-state index in [2.05, 4.69) is 27.0 Å². The van der Waals surface area contributed by atoms with Gasteiger partial charge in [0.1, 0.15) is 17.9 Å². The predicted molar refractivity (Wildman–Crippen MR) is 127 cm³/mol. The number of aryl methyl sites for hydroxylation is 1. The lowest BCUT2D eigenvalue weighted by molar-refractivity contribution is 0.245. The lowest BCUT2D eigenvalue weighted by Gasteiger charge is -2.26. The monoisotopic (exact) mass is 454 g/mol. The summed E-state index contributed by atoms with van der Waals surface area (Å²) in [5.74, 6) is 1.13. The fraction of sp³-hybridized carbons (Fsp3) is 0.348. The van der Waals surface area contributed by atoms with Crippen LogP contribution in [0.4, 0.5) is 5.82 Å². The molecule has 0 radical (unpaired) electrons. The number of methoxy groups -OCH3 is 1. The van der Waals surface area contributed by atoms with Gasteiger partial charge in [0, 0.05) is 41.0 Å². The Kier molecular flexibility index (Phi) is 6.08. The van der Waals surface area contributed by atoms with Crippen LogP contribution in [0.15, 0.2) is 30.7 Å². The van der Waals surface area contributed by atoms with Gasteiger partial charge in [0.25, 0.3) is 0 Å². The van der Waals surface area contributed by atoms with E-state index in [0.29, 0.717) is 23.0 Å². The second-order valence-electron chi connectivity index (χ2n) is 7.85. The number of fused-ring (bicyclic) bond motifs is 1. The van der Waals surface area contributed by atoms with Gasteiger partial charge in [-0.3, -0.25) is 0 Å². The number of β-amino-alcohol motifs (C(OH)–C–C–N with tert-alkyl or cyclic N) is 1. The second-order valence-corrected chi connectivity index (χ2v) is 8.26. The molecule has 1 aromatic carbocycles. The number of nitrogen functional groups attached to an aromatic ring is 1. The summed E-state index contributed by atoms with van der Waals surface area (Å²) >= 11 is 6.71.